The van der Waals surface area contributed by atoms with E-state index in [1.165, 1.54) is 0 Å². The van der Waals surface area contributed by atoms with Crippen LogP contribution in [-0.4, -0.2) is 45.8 Å². The Kier molecular flexibility index (Phi) is 6.43. The smallest absolute Gasteiger partial charge is 0.426 e. The summed E-state index contributed by atoms with van der Waals surface area (Å²) in [6, 6.07) is 11.7. The molecule has 2 heterocycles. The van der Waals surface area contributed by atoms with E-state index < -0.39 is 25.1 Å². The lowest BCUT2D eigenvalue weighted by molar-refractivity contribution is -0.131. The second kappa shape index (κ2) is 8.99. The van der Waals surface area contributed by atoms with Crippen molar-refractivity contribution in [2.45, 2.75) is 38.7 Å². The second-order valence-corrected chi connectivity index (χ2v) is 7.31. The fraction of sp³-hybridized carbons (Fsp3) is 0.350. The lowest BCUT2D eigenvalue weighted by Gasteiger charge is -2.20. The summed E-state index contributed by atoms with van der Waals surface area (Å²) in [5.41, 5.74) is 3.63. The van der Waals surface area contributed by atoms with Crippen molar-refractivity contribution < 1.29 is 19.7 Å². The summed E-state index contributed by atoms with van der Waals surface area (Å²) in [6.07, 6.45) is 3.54. The highest BCUT2D eigenvalue weighted by atomic mass is 16.6. The maximum absolute atomic E-state index is 12.4. The summed E-state index contributed by atoms with van der Waals surface area (Å²) in [6.45, 7) is 3.90. The van der Waals surface area contributed by atoms with E-state index in [9.17, 15) is 14.8 Å². The fourth-order valence-corrected chi connectivity index (χ4v) is 3.12. The molecule has 0 saturated heterocycles. The highest BCUT2D eigenvalue weighted by Crippen LogP contribution is 2.22. The van der Waals surface area contributed by atoms with Gasteiger partial charge in [0, 0.05) is 18.8 Å². The molecule has 28 heavy (non-hydrogen) atoms. The zero-order valence-corrected chi connectivity index (χ0v) is 15.9. The van der Waals surface area contributed by atoms with Crippen molar-refractivity contribution in [2.75, 3.05) is 0 Å². The third-order valence-corrected chi connectivity index (χ3v) is 4.59. The van der Waals surface area contributed by atoms with E-state index in [0.717, 1.165) is 16.7 Å². The van der Waals surface area contributed by atoms with E-state index in [4.69, 9.17) is 4.84 Å². The highest BCUT2D eigenvalue weighted by Gasteiger charge is 2.33. The monoisotopic (exact) mass is 381 g/mol. The number of oxime groups is 1. The normalized spacial score (nSPS) is 17.0. The molecule has 0 radical (unpaired) electrons. The average molecular weight is 381 g/mol. The van der Waals surface area contributed by atoms with Gasteiger partial charge in [-0.2, -0.15) is 0 Å². The van der Waals surface area contributed by atoms with Crippen molar-refractivity contribution in [1.82, 2.24) is 10.3 Å². The van der Waals surface area contributed by atoms with Crippen molar-refractivity contribution in [3.63, 3.8) is 0 Å². The van der Waals surface area contributed by atoms with Crippen LogP contribution >= 0.6 is 0 Å². The van der Waals surface area contributed by atoms with Gasteiger partial charge >= 0.3 is 7.12 Å². The van der Waals surface area contributed by atoms with Gasteiger partial charge in [-0.1, -0.05) is 49.3 Å². The molecule has 0 bridgehead atoms. The second-order valence-electron chi connectivity index (χ2n) is 7.31. The van der Waals surface area contributed by atoms with Gasteiger partial charge in [0.1, 0.15) is 0 Å². The molecule has 3 rings (SSSR count). The maximum Gasteiger partial charge on any atom is 0.475 e. The van der Waals surface area contributed by atoms with Gasteiger partial charge in [-0.3, -0.25) is 9.78 Å². The Hall–Kier alpha value is -2.71. The minimum Gasteiger partial charge on any atom is -0.426 e. The molecule has 8 heteroatoms. The number of carbonyl (C=O) groups excluding carboxylic acids is 1. The number of rotatable bonds is 7. The first-order chi connectivity index (χ1) is 13.4. The number of nitrogens with one attached hydrogen (secondary N) is 1. The van der Waals surface area contributed by atoms with E-state index in [1.807, 2.05) is 50.2 Å². The summed E-state index contributed by atoms with van der Waals surface area (Å²) in [7, 11) is -1.62. The molecule has 0 fully saturated rings. The molecule has 1 aliphatic rings. The minimum absolute atomic E-state index is 0.210. The number of aromatic nitrogens is 1. The third-order valence-electron chi connectivity index (χ3n) is 4.59. The molecule has 2 aromatic rings. The third kappa shape index (κ3) is 4.96. The Morgan fingerprint density at radius 2 is 1.93 bits per heavy atom. The number of pyridine rings is 1. The van der Waals surface area contributed by atoms with Crippen LogP contribution in [0.25, 0.3) is 11.1 Å². The molecule has 1 aromatic heterocycles. The maximum atomic E-state index is 12.4. The quantitative estimate of drug-likeness (QED) is 0.635. The van der Waals surface area contributed by atoms with Crippen molar-refractivity contribution in [1.29, 1.82) is 0 Å². The average Bonchev–Trinajstić information content (AvgIpc) is 3.18. The Morgan fingerprint density at radius 1 is 1.21 bits per heavy atom. The molecule has 0 saturated carbocycles. The van der Waals surface area contributed by atoms with Crippen LogP contribution in [0.3, 0.4) is 0 Å². The number of benzene rings is 1. The fourth-order valence-electron chi connectivity index (χ4n) is 3.12. The molecule has 0 aliphatic carbocycles. The molecular formula is C20H24BN3O4. The first-order valence-electron chi connectivity index (χ1n) is 9.34. The van der Waals surface area contributed by atoms with Crippen LogP contribution in [0.15, 0.2) is 53.9 Å². The molecule has 146 valence electrons. The Balaban J connectivity index is 1.60. The zero-order chi connectivity index (χ0) is 20.1. The van der Waals surface area contributed by atoms with Crippen LogP contribution in [0.2, 0.25) is 0 Å². The molecule has 1 amide bonds. The number of hydrogen-bond donors (Lipinski definition) is 3. The number of carbonyl (C=O) groups is 1. The zero-order valence-electron chi connectivity index (χ0n) is 15.9. The van der Waals surface area contributed by atoms with Gasteiger partial charge in [-0.05, 0) is 35.1 Å². The van der Waals surface area contributed by atoms with E-state index >= 15 is 0 Å². The lowest BCUT2D eigenvalue weighted by Crippen LogP contribution is -2.50. The van der Waals surface area contributed by atoms with E-state index in [1.54, 1.807) is 12.4 Å². The van der Waals surface area contributed by atoms with E-state index in [0.29, 0.717) is 18.6 Å². The van der Waals surface area contributed by atoms with Crippen LogP contribution in [0.5, 0.6) is 0 Å². The highest BCUT2D eigenvalue weighted by molar-refractivity contribution is 6.43. The summed E-state index contributed by atoms with van der Waals surface area (Å²) in [5.74, 6) is -0.926. The van der Waals surface area contributed by atoms with Gasteiger partial charge in [0.05, 0.1) is 11.7 Å². The molecule has 2 unspecified atom stereocenters. The van der Waals surface area contributed by atoms with Crippen molar-refractivity contribution >= 4 is 18.7 Å². The molecule has 3 N–H and O–H groups in total. The Morgan fingerprint density at radius 3 is 2.54 bits per heavy atom. The van der Waals surface area contributed by atoms with Crippen LogP contribution in [0.1, 0.15) is 32.3 Å². The van der Waals surface area contributed by atoms with Crippen molar-refractivity contribution in [2.24, 2.45) is 11.1 Å². The number of nitrogens with zero attached hydrogens (tertiary/aromatic N) is 2. The lowest BCUT2D eigenvalue weighted by atomic mass is 9.75. The van der Waals surface area contributed by atoms with Crippen LogP contribution in [0, 0.1) is 5.92 Å². The van der Waals surface area contributed by atoms with E-state index in [2.05, 4.69) is 15.5 Å². The Bertz CT molecular complexity index is 825. The molecule has 1 aliphatic heterocycles. The number of hydrogen-bond acceptors (Lipinski definition) is 6. The first kappa shape index (κ1) is 20.0. The van der Waals surface area contributed by atoms with Crippen LogP contribution in [-0.2, 0) is 9.63 Å². The topological polar surface area (TPSA) is 104 Å². The predicted molar refractivity (Wildman–Crippen MR) is 107 cm³/mol. The largest absolute Gasteiger partial charge is 0.475 e. The Labute approximate surface area is 164 Å². The van der Waals surface area contributed by atoms with Crippen molar-refractivity contribution in [3.05, 3.63) is 54.4 Å². The molecule has 2 atom stereocenters. The van der Waals surface area contributed by atoms with Gasteiger partial charge in [0.2, 0.25) is 6.10 Å². The van der Waals surface area contributed by atoms with Gasteiger partial charge in [0.25, 0.3) is 5.91 Å². The first-order valence-corrected chi connectivity index (χ1v) is 9.34. The molecule has 7 nitrogen and oxygen atoms in total. The molecular weight excluding hydrogens is 357 g/mol. The summed E-state index contributed by atoms with van der Waals surface area (Å²) in [4.78, 5) is 21.8. The van der Waals surface area contributed by atoms with Crippen LogP contribution in [0.4, 0.5) is 0 Å². The molecule has 0 spiro atoms. The summed E-state index contributed by atoms with van der Waals surface area (Å²) in [5, 5.41) is 25.6. The number of amides is 1. The predicted octanol–water partition coefficient (Wildman–Crippen LogP) is 1.78. The van der Waals surface area contributed by atoms with Gasteiger partial charge < -0.3 is 20.2 Å². The van der Waals surface area contributed by atoms with Gasteiger partial charge in [-0.15, -0.1) is 0 Å². The SMILES string of the molecule is CC(C)CC(NC(=O)C1CC(c2ccc(-c3cccnc3)cc2)=NO1)B(O)O. The minimum atomic E-state index is -1.62. The van der Waals surface area contributed by atoms with E-state index in [-0.39, 0.29) is 5.92 Å². The molecule has 1 aromatic carbocycles. The standard InChI is InChI=1S/C20H24BN3O4/c1-13(2)10-19(21(26)27)23-20(25)18-11-17(24-28-18)15-7-5-14(6-8-15)16-4-3-9-22-12-16/h3-9,12-13,18-19,26-27H,10-11H2,1-2H3,(H,23,25). The van der Waals surface area contributed by atoms with Crippen LogP contribution < -0.4 is 5.32 Å². The summed E-state index contributed by atoms with van der Waals surface area (Å²) < 4.78 is 0. The van der Waals surface area contributed by atoms with Gasteiger partial charge in [0.15, 0.2) is 0 Å². The van der Waals surface area contributed by atoms with Crippen molar-refractivity contribution in [3.8, 4) is 11.1 Å². The summed E-state index contributed by atoms with van der Waals surface area (Å²) >= 11 is 0. The van der Waals surface area contributed by atoms with Gasteiger partial charge in [-0.25, -0.2) is 0 Å².